The first-order valence-corrected chi connectivity index (χ1v) is 9.12. The zero-order chi connectivity index (χ0) is 16.5. The molecule has 1 unspecified atom stereocenters. The maximum absolute atomic E-state index is 12.8. The zero-order valence-corrected chi connectivity index (χ0v) is 15.0. The molecule has 1 aromatic carbocycles. The predicted octanol–water partition coefficient (Wildman–Crippen LogP) is 1.90. The van der Waals surface area contributed by atoms with Crippen molar-refractivity contribution in [3.05, 3.63) is 46.5 Å². The lowest BCUT2D eigenvalue weighted by molar-refractivity contribution is -0.136. The molecule has 126 valence electrons. The standard InChI is InChI=1S/C17H20BrN5O/c18-17-19-15-12-22(8-9-23(15)20-17)16(24)14-6-7-21(11-14)10-13-4-2-1-3-5-13/h1-5,14H,6-12H2. The Balaban J connectivity index is 1.36. The van der Waals surface area contributed by atoms with Crippen LogP contribution in [0.15, 0.2) is 35.1 Å². The van der Waals surface area contributed by atoms with Gasteiger partial charge in [-0.2, -0.15) is 0 Å². The Hall–Kier alpha value is -1.73. The molecule has 0 bridgehead atoms. The molecule has 4 rings (SSSR count). The number of halogens is 1. The van der Waals surface area contributed by atoms with E-state index in [0.717, 1.165) is 45.0 Å². The van der Waals surface area contributed by atoms with Crippen molar-refractivity contribution in [2.24, 2.45) is 5.92 Å². The van der Waals surface area contributed by atoms with E-state index in [4.69, 9.17) is 0 Å². The van der Waals surface area contributed by atoms with Gasteiger partial charge in [0.25, 0.3) is 0 Å². The molecule has 2 aliphatic rings. The van der Waals surface area contributed by atoms with Crippen LogP contribution < -0.4 is 0 Å². The molecule has 2 aliphatic heterocycles. The van der Waals surface area contributed by atoms with Gasteiger partial charge in [0.15, 0.2) is 0 Å². The van der Waals surface area contributed by atoms with Crippen LogP contribution in [0.4, 0.5) is 0 Å². The van der Waals surface area contributed by atoms with Gasteiger partial charge in [-0.15, -0.1) is 5.10 Å². The lowest BCUT2D eigenvalue weighted by atomic mass is 10.1. The summed E-state index contributed by atoms with van der Waals surface area (Å²) in [6.45, 7) is 4.76. The molecule has 0 saturated carbocycles. The Kier molecular flexibility index (Phi) is 4.37. The van der Waals surface area contributed by atoms with Crippen molar-refractivity contribution in [1.29, 1.82) is 0 Å². The normalized spacial score (nSPS) is 21.0. The highest BCUT2D eigenvalue weighted by molar-refractivity contribution is 9.10. The van der Waals surface area contributed by atoms with E-state index in [-0.39, 0.29) is 11.8 Å². The van der Waals surface area contributed by atoms with Crippen LogP contribution in [0.5, 0.6) is 0 Å². The second kappa shape index (κ2) is 6.64. The third kappa shape index (κ3) is 3.23. The monoisotopic (exact) mass is 389 g/mol. The maximum atomic E-state index is 12.8. The summed E-state index contributed by atoms with van der Waals surface area (Å²) < 4.78 is 2.48. The van der Waals surface area contributed by atoms with Gasteiger partial charge in [-0.25, -0.2) is 9.67 Å². The Morgan fingerprint density at radius 2 is 2.04 bits per heavy atom. The molecule has 6 nitrogen and oxygen atoms in total. The maximum Gasteiger partial charge on any atom is 0.227 e. The third-order valence-electron chi connectivity index (χ3n) is 4.82. The summed E-state index contributed by atoms with van der Waals surface area (Å²) >= 11 is 3.30. The van der Waals surface area contributed by atoms with E-state index in [9.17, 15) is 4.79 Å². The van der Waals surface area contributed by atoms with Gasteiger partial charge < -0.3 is 4.90 Å². The number of hydrogen-bond acceptors (Lipinski definition) is 4. The molecule has 2 aromatic rings. The van der Waals surface area contributed by atoms with Crippen LogP contribution in [0.25, 0.3) is 0 Å². The van der Waals surface area contributed by atoms with Crippen molar-refractivity contribution >= 4 is 21.8 Å². The summed E-state index contributed by atoms with van der Waals surface area (Å²) in [4.78, 5) is 21.5. The number of hydrogen-bond donors (Lipinski definition) is 0. The Bertz CT molecular complexity index is 732. The largest absolute Gasteiger partial charge is 0.333 e. The van der Waals surface area contributed by atoms with Gasteiger partial charge in [0.05, 0.1) is 19.0 Å². The molecule has 1 amide bonds. The van der Waals surface area contributed by atoms with Gasteiger partial charge in [-0.1, -0.05) is 30.3 Å². The fraction of sp³-hybridized carbons (Fsp3) is 0.471. The number of aromatic nitrogens is 3. The fourth-order valence-corrected chi connectivity index (χ4v) is 3.97. The van der Waals surface area contributed by atoms with Crippen molar-refractivity contribution in [2.45, 2.75) is 26.1 Å². The number of rotatable bonds is 3. The minimum atomic E-state index is 0.103. The SMILES string of the molecule is O=C(C1CCN(Cc2ccccc2)C1)N1CCn2nc(Br)nc2C1. The summed E-state index contributed by atoms with van der Waals surface area (Å²) in [6, 6.07) is 10.5. The van der Waals surface area contributed by atoms with Crippen molar-refractivity contribution in [1.82, 2.24) is 24.6 Å². The number of amides is 1. The topological polar surface area (TPSA) is 54.3 Å². The van der Waals surface area contributed by atoms with E-state index in [0.29, 0.717) is 11.3 Å². The van der Waals surface area contributed by atoms with Crippen molar-refractivity contribution < 1.29 is 4.79 Å². The molecule has 3 heterocycles. The van der Waals surface area contributed by atoms with Crippen LogP contribution in [0.2, 0.25) is 0 Å². The molecule has 1 saturated heterocycles. The van der Waals surface area contributed by atoms with E-state index in [1.165, 1.54) is 5.56 Å². The molecular weight excluding hydrogens is 370 g/mol. The van der Waals surface area contributed by atoms with E-state index in [1.54, 1.807) is 0 Å². The number of likely N-dealkylation sites (tertiary alicyclic amines) is 1. The molecule has 0 spiro atoms. The van der Waals surface area contributed by atoms with Crippen molar-refractivity contribution in [3.63, 3.8) is 0 Å². The lowest BCUT2D eigenvalue weighted by Gasteiger charge is -2.29. The summed E-state index contributed by atoms with van der Waals surface area (Å²) in [5.41, 5.74) is 1.31. The fourth-order valence-electron chi connectivity index (χ4n) is 3.57. The highest BCUT2D eigenvalue weighted by Crippen LogP contribution is 2.23. The first-order chi connectivity index (χ1) is 11.7. The minimum absolute atomic E-state index is 0.103. The van der Waals surface area contributed by atoms with Crippen LogP contribution in [0.3, 0.4) is 0 Å². The Labute approximate surface area is 149 Å². The van der Waals surface area contributed by atoms with Crippen LogP contribution in [0, 0.1) is 5.92 Å². The number of carbonyl (C=O) groups excluding carboxylic acids is 1. The highest BCUT2D eigenvalue weighted by Gasteiger charge is 2.33. The first kappa shape index (κ1) is 15.8. The quantitative estimate of drug-likeness (QED) is 0.804. The van der Waals surface area contributed by atoms with Gasteiger partial charge in [0, 0.05) is 19.6 Å². The minimum Gasteiger partial charge on any atom is -0.333 e. The summed E-state index contributed by atoms with van der Waals surface area (Å²) in [7, 11) is 0. The second-order valence-electron chi connectivity index (χ2n) is 6.49. The van der Waals surface area contributed by atoms with Gasteiger partial charge in [0.1, 0.15) is 5.82 Å². The van der Waals surface area contributed by atoms with Crippen molar-refractivity contribution in [3.8, 4) is 0 Å². The molecule has 0 radical (unpaired) electrons. The lowest BCUT2D eigenvalue weighted by Crippen LogP contribution is -2.42. The number of benzene rings is 1. The van der Waals surface area contributed by atoms with E-state index in [2.05, 4.69) is 55.2 Å². The molecule has 0 N–H and O–H groups in total. The van der Waals surface area contributed by atoms with E-state index < -0.39 is 0 Å². The zero-order valence-electron chi connectivity index (χ0n) is 13.4. The molecule has 1 fully saturated rings. The first-order valence-electron chi connectivity index (χ1n) is 8.33. The van der Waals surface area contributed by atoms with Crippen molar-refractivity contribution in [2.75, 3.05) is 19.6 Å². The number of nitrogens with zero attached hydrogens (tertiary/aromatic N) is 5. The molecular formula is C17H20BrN5O. The molecule has 1 aromatic heterocycles. The number of carbonyl (C=O) groups is 1. The predicted molar refractivity (Wildman–Crippen MR) is 93.0 cm³/mol. The smallest absolute Gasteiger partial charge is 0.227 e. The second-order valence-corrected chi connectivity index (χ2v) is 7.20. The van der Waals surface area contributed by atoms with Gasteiger partial charge >= 0.3 is 0 Å². The average molecular weight is 390 g/mol. The van der Waals surface area contributed by atoms with Crippen LogP contribution >= 0.6 is 15.9 Å². The molecule has 7 heteroatoms. The summed E-state index contributed by atoms with van der Waals surface area (Å²) in [5.74, 6) is 1.23. The average Bonchev–Trinajstić information content (AvgIpc) is 3.20. The highest BCUT2D eigenvalue weighted by atomic mass is 79.9. The van der Waals surface area contributed by atoms with Gasteiger partial charge in [-0.05, 0) is 34.5 Å². The third-order valence-corrected chi connectivity index (χ3v) is 5.15. The molecule has 1 atom stereocenters. The van der Waals surface area contributed by atoms with Crippen LogP contribution in [0.1, 0.15) is 17.8 Å². The Morgan fingerprint density at radius 3 is 2.88 bits per heavy atom. The summed E-state index contributed by atoms with van der Waals surface area (Å²) in [6.07, 6.45) is 0.943. The number of fused-ring (bicyclic) bond motifs is 1. The van der Waals surface area contributed by atoms with Crippen LogP contribution in [-0.4, -0.2) is 50.1 Å². The molecule has 0 aliphatic carbocycles. The van der Waals surface area contributed by atoms with Gasteiger partial charge in [0.2, 0.25) is 10.6 Å². The molecule has 24 heavy (non-hydrogen) atoms. The van der Waals surface area contributed by atoms with Crippen LogP contribution in [-0.2, 0) is 24.4 Å². The van der Waals surface area contributed by atoms with Gasteiger partial charge in [-0.3, -0.25) is 9.69 Å². The summed E-state index contributed by atoms with van der Waals surface area (Å²) in [5, 5.41) is 4.28. The van der Waals surface area contributed by atoms with E-state index >= 15 is 0 Å². The Morgan fingerprint density at radius 1 is 1.21 bits per heavy atom. The van der Waals surface area contributed by atoms with E-state index in [1.807, 2.05) is 15.6 Å².